The SMILES string of the molecule is CC(N)(Cc1ncc(Cl)cc1Cl)C(F)F. The van der Waals surface area contributed by atoms with Gasteiger partial charge in [-0.15, -0.1) is 0 Å². The lowest BCUT2D eigenvalue weighted by Gasteiger charge is -2.23. The molecule has 0 aliphatic rings. The first kappa shape index (κ1) is 12.6. The van der Waals surface area contributed by atoms with Crippen molar-refractivity contribution in [2.24, 2.45) is 5.73 Å². The molecule has 1 unspecified atom stereocenters. The standard InChI is InChI=1S/C9H10Cl2F2N2/c1-9(14,8(12)13)3-7-6(11)2-5(10)4-15-7/h2,4,8H,3,14H2,1H3. The van der Waals surface area contributed by atoms with Crippen molar-refractivity contribution in [1.82, 2.24) is 4.98 Å². The fraction of sp³-hybridized carbons (Fsp3) is 0.444. The number of nitrogens with two attached hydrogens (primary N) is 1. The Bertz CT molecular complexity index is 356. The van der Waals surface area contributed by atoms with Crippen LogP contribution in [-0.4, -0.2) is 16.9 Å². The van der Waals surface area contributed by atoms with E-state index < -0.39 is 12.0 Å². The molecule has 1 heterocycles. The van der Waals surface area contributed by atoms with E-state index in [4.69, 9.17) is 28.9 Å². The molecule has 0 saturated carbocycles. The van der Waals surface area contributed by atoms with Crippen LogP contribution in [-0.2, 0) is 6.42 Å². The third kappa shape index (κ3) is 3.26. The minimum absolute atomic E-state index is 0.0966. The van der Waals surface area contributed by atoms with Crippen LogP contribution in [0.15, 0.2) is 12.3 Å². The summed E-state index contributed by atoms with van der Waals surface area (Å²) in [6, 6.07) is 1.45. The van der Waals surface area contributed by atoms with E-state index in [9.17, 15) is 8.78 Å². The first-order valence-electron chi connectivity index (χ1n) is 4.20. The monoisotopic (exact) mass is 254 g/mol. The molecule has 0 radical (unpaired) electrons. The highest BCUT2D eigenvalue weighted by Gasteiger charge is 2.31. The van der Waals surface area contributed by atoms with Gasteiger partial charge in [0.1, 0.15) is 0 Å². The zero-order chi connectivity index (χ0) is 11.6. The molecular weight excluding hydrogens is 245 g/mol. The average Bonchev–Trinajstić information content (AvgIpc) is 2.09. The highest BCUT2D eigenvalue weighted by molar-refractivity contribution is 6.34. The highest BCUT2D eigenvalue weighted by Crippen LogP contribution is 2.24. The molecule has 6 heteroatoms. The van der Waals surface area contributed by atoms with E-state index in [0.717, 1.165) is 0 Å². The summed E-state index contributed by atoms with van der Waals surface area (Å²) in [7, 11) is 0. The second-order valence-electron chi connectivity index (χ2n) is 3.57. The zero-order valence-corrected chi connectivity index (χ0v) is 9.49. The van der Waals surface area contributed by atoms with Gasteiger partial charge in [0, 0.05) is 12.6 Å². The van der Waals surface area contributed by atoms with Crippen LogP contribution in [0.4, 0.5) is 8.78 Å². The van der Waals surface area contributed by atoms with Gasteiger partial charge in [-0.3, -0.25) is 4.98 Å². The van der Waals surface area contributed by atoms with Crippen molar-refractivity contribution in [3.8, 4) is 0 Å². The third-order valence-corrected chi connectivity index (χ3v) is 2.46. The van der Waals surface area contributed by atoms with Crippen LogP contribution >= 0.6 is 23.2 Å². The Labute approximate surface area is 96.4 Å². The van der Waals surface area contributed by atoms with Crippen LogP contribution in [0, 0.1) is 0 Å². The Balaban J connectivity index is 2.90. The summed E-state index contributed by atoms with van der Waals surface area (Å²) in [5, 5.41) is 0.611. The zero-order valence-electron chi connectivity index (χ0n) is 7.98. The number of aromatic nitrogens is 1. The summed E-state index contributed by atoms with van der Waals surface area (Å²) in [6.07, 6.45) is -1.38. The molecule has 0 aromatic carbocycles. The van der Waals surface area contributed by atoms with Crippen LogP contribution in [0.5, 0.6) is 0 Å². The lowest BCUT2D eigenvalue weighted by molar-refractivity contribution is 0.0634. The predicted molar refractivity (Wildman–Crippen MR) is 56.6 cm³/mol. The van der Waals surface area contributed by atoms with Crippen molar-refractivity contribution >= 4 is 23.2 Å². The number of alkyl halides is 2. The van der Waals surface area contributed by atoms with Crippen LogP contribution in [0.25, 0.3) is 0 Å². The lowest BCUT2D eigenvalue weighted by atomic mass is 9.97. The summed E-state index contributed by atoms with van der Waals surface area (Å²) >= 11 is 11.4. The van der Waals surface area contributed by atoms with Crippen molar-refractivity contribution in [2.45, 2.75) is 25.3 Å². The molecule has 2 N–H and O–H groups in total. The van der Waals surface area contributed by atoms with Gasteiger partial charge in [-0.05, 0) is 13.0 Å². The fourth-order valence-corrected chi connectivity index (χ4v) is 1.46. The van der Waals surface area contributed by atoms with E-state index in [2.05, 4.69) is 4.98 Å². The average molecular weight is 255 g/mol. The van der Waals surface area contributed by atoms with Crippen LogP contribution in [0.3, 0.4) is 0 Å². The van der Waals surface area contributed by atoms with Gasteiger partial charge in [0.15, 0.2) is 0 Å². The van der Waals surface area contributed by atoms with Crippen molar-refractivity contribution in [3.05, 3.63) is 28.0 Å². The Kier molecular flexibility index (Phi) is 3.87. The molecule has 0 bridgehead atoms. The number of hydrogen-bond donors (Lipinski definition) is 1. The van der Waals surface area contributed by atoms with Crippen LogP contribution in [0.2, 0.25) is 10.0 Å². The molecule has 1 rings (SSSR count). The smallest absolute Gasteiger partial charge is 0.256 e. The first-order chi connectivity index (χ1) is 6.83. The van der Waals surface area contributed by atoms with E-state index in [1.165, 1.54) is 19.2 Å². The molecule has 0 fully saturated rings. The summed E-state index contributed by atoms with van der Waals surface area (Å²) in [6.45, 7) is 1.25. The summed E-state index contributed by atoms with van der Waals surface area (Å²) < 4.78 is 25.0. The topological polar surface area (TPSA) is 38.9 Å². The highest BCUT2D eigenvalue weighted by atomic mass is 35.5. The summed E-state index contributed by atoms with van der Waals surface area (Å²) in [5.74, 6) is 0. The van der Waals surface area contributed by atoms with Gasteiger partial charge in [-0.2, -0.15) is 0 Å². The van der Waals surface area contributed by atoms with E-state index in [1.807, 2.05) is 0 Å². The van der Waals surface area contributed by atoms with Gasteiger partial charge in [0.2, 0.25) is 0 Å². The molecule has 0 saturated heterocycles. The summed E-state index contributed by atoms with van der Waals surface area (Å²) in [4.78, 5) is 3.87. The van der Waals surface area contributed by atoms with Gasteiger partial charge >= 0.3 is 0 Å². The van der Waals surface area contributed by atoms with E-state index in [-0.39, 0.29) is 11.4 Å². The number of halogens is 4. The molecule has 2 nitrogen and oxygen atoms in total. The number of rotatable bonds is 3. The van der Waals surface area contributed by atoms with Crippen molar-refractivity contribution in [2.75, 3.05) is 0 Å². The maximum Gasteiger partial charge on any atom is 0.256 e. The maximum atomic E-state index is 12.5. The number of pyridine rings is 1. The van der Waals surface area contributed by atoms with Gasteiger partial charge in [0.25, 0.3) is 6.43 Å². The lowest BCUT2D eigenvalue weighted by Crippen LogP contribution is -2.46. The van der Waals surface area contributed by atoms with Crippen LogP contribution in [0.1, 0.15) is 12.6 Å². The van der Waals surface area contributed by atoms with E-state index in [0.29, 0.717) is 10.7 Å². The molecular formula is C9H10Cl2F2N2. The first-order valence-corrected chi connectivity index (χ1v) is 4.95. The number of nitrogens with zero attached hydrogens (tertiary/aromatic N) is 1. The largest absolute Gasteiger partial charge is 0.320 e. The molecule has 0 aliphatic carbocycles. The quantitative estimate of drug-likeness (QED) is 0.901. The normalized spacial score (nSPS) is 15.4. The molecule has 1 aromatic rings. The minimum Gasteiger partial charge on any atom is -0.320 e. The van der Waals surface area contributed by atoms with E-state index >= 15 is 0 Å². The predicted octanol–water partition coefficient (Wildman–Crippen LogP) is 2.91. The van der Waals surface area contributed by atoms with Gasteiger partial charge in [-0.1, -0.05) is 23.2 Å². The summed E-state index contributed by atoms with van der Waals surface area (Å²) in [5.41, 5.74) is 4.11. The molecule has 0 amide bonds. The van der Waals surface area contributed by atoms with E-state index in [1.54, 1.807) is 0 Å². The van der Waals surface area contributed by atoms with Crippen molar-refractivity contribution in [1.29, 1.82) is 0 Å². The van der Waals surface area contributed by atoms with Gasteiger partial charge in [0.05, 0.1) is 21.3 Å². The van der Waals surface area contributed by atoms with Crippen molar-refractivity contribution < 1.29 is 8.78 Å². The molecule has 0 aliphatic heterocycles. The molecule has 1 atom stereocenters. The number of hydrogen-bond acceptors (Lipinski definition) is 2. The fourth-order valence-electron chi connectivity index (χ4n) is 1.01. The Morgan fingerprint density at radius 3 is 2.60 bits per heavy atom. The molecule has 84 valence electrons. The minimum atomic E-state index is -2.63. The Morgan fingerprint density at radius 2 is 2.13 bits per heavy atom. The second kappa shape index (κ2) is 4.60. The second-order valence-corrected chi connectivity index (χ2v) is 4.41. The van der Waals surface area contributed by atoms with Gasteiger partial charge in [-0.25, -0.2) is 8.78 Å². The Morgan fingerprint density at radius 1 is 1.53 bits per heavy atom. The maximum absolute atomic E-state index is 12.5. The van der Waals surface area contributed by atoms with Gasteiger partial charge < -0.3 is 5.73 Å². The third-order valence-electron chi connectivity index (χ3n) is 1.93. The Hall–Kier alpha value is -0.450. The van der Waals surface area contributed by atoms with Crippen LogP contribution < -0.4 is 5.73 Å². The van der Waals surface area contributed by atoms with Crippen molar-refractivity contribution in [3.63, 3.8) is 0 Å². The molecule has 15 heavy (non-hydrogen) atoms. The molecule has 0 spiro atoms. The molecule has 1 aromatic heterocycles.